The van der Waals surface area contributed by atoms with Gasteiger partial charge in [0.05, 0.1) is 26.9 Å². The molecule has 8 heteroatoms. The molecule has 1 aliphatic carbocycles. The van der Waals surface area contributed by atoms with E-state index in [2.05, 4.69) is 28.4 Å². The molecule has 0 bridgehead atoms. The van der Waals surface area contributed by atoms with Gasteiger partial charge in [-0.1, -0.05) is 6.07 Å². The Labute approximate surface area is 178 Å². The van der Waals surface area contributed by atoms with Gasteiger partial charge in [-0.2, -0.15) is 0 Å². The summed E-state index contributed by atoms with van der Waals surface area (Å²) in [6, 6.07) is 6.35. The molecule has 1 aliphatic heterocycles. The summed E-state index contributed by atoms with van der Waals surface area (Å²) in [5.41, 5.74) is 2.16. The van der Waals surface area contributed by atoms with Crippen molar-refractivity contribution >= 4 is 12.0 Å². The highest BCUT2D eigenvalue weighted by Crippen LogP contribution is 2.36. The first-order valence-corrected chi connectivity index (χ1v) is 10.7. The van der Waals surface area contributed by atoms with Crippen molar-refractivity contribution in [3.05, 3.63) is 29.3 Å². The third kappa shape index (κ3) is 5.86. The molecule has 2 N–H and O–H groups in total. The van der Waals surface area contributed by atoms with Crippen LogP contribution < -0.4 is 15.4 Å². The molecule has 1 aromatic carbocycles. The van der Waals surface area contributed by atoms with Crippen LogP contribution in [0.2, 0.25) is 0 Å². The summed E-state index contributed by atoms with van der Waals surface area (Å²) < 4.78 is 15.8. The molecule has 1 heterocycles. The molecule has 3 rings (SSSR count). The molecule has 0 radical (unpaired) electrons. The third-order valence-corrected chi connectivity index (χ3v) is 5.62. The van der Waals surface area contributed by atoms with Crippen molar-refractivity contribution in [2.24, 2.45) is 0 Å². The Balaban J connectivity index is 1.71. The van der Waals surface area contributed by atoms with Gasteiger partial charge in [0.1, 0.15) is 11.9 Å². The summed E-state index contributed by atoms with van der Waals surface area (Å²) in [6.07, 6.45) is 2.79. The van der Waals surface area contributed by atoms with Crippen molar-refractivity contribution in [2.75, 3.05) is 40.5 Å². The van der Waals surface area contributed by atoms with Crippen LogP contribution in [0.3, 0.4) is 0 Å². The van der Waals surface area contributed by atoms with Gasteiger partial charge in [-0.3, -0.25) is 4.79 Å². The van der Waals surface area contributed by atoms with Gasteiger partial charge in [0, 0.05) is 25.7 Å². The van der Waals surface area contributed by atoms with Gasteiger partial charge >= 0.3 is 6.09 Å². The van der Waals surface area contributed by atoms with Crippen LogP contribution in [0.1, 0.15) is 43.4 Å². The molecule has 0 unspecified atom stereocenters. The van der Waals surface area contributed by atoms with Crippen molar-refractivity contribution in [3.63, 3.8) is 0 Å². The van der Waals surface area contributed by atoms with Crippen molar-refractivity contribution < 1.29 is 23.8 Å². The Morgan fingerprint density at radius 1 is 1.30 bits per heavy atom. The van der Waals surface area contributed by atoms with E-state index in [4.69, 9.17) is 9.47 Å². The Kier molecular flexibility index (Phi) is 7.93. The number of nitrogens with one attached hydrogen (secondary N) is 2. The second-order valence-electron chi connectivity index (χ2n) is 7.85. The van der Waals surface area contributed by atoms with Gasteiger partial charge in [-0.05, 0) is 55.9 Å². The van der Waals surface area contributed by atoms with E-state index in [1.165, 1.54) is 7.11 Å². The van der Waals surface area contributed by atoms with Crippen LogP contribution in [0, 0.1) is 0 Å². The summed E-state index contributed by atoms with van der Waals surface area (Å²) in [4.78, 5) is 26.4. The van der Waals surface area contributed by atoms with E-state index in [0.717, 1.165) is 49.1 Å². The highest BCUT2D eigenvalue weighted by molar-refractivity contribution is 5.82. The number of nitrogens with zero attached hydrogens (tertiary/aromatic N) is 1. The molecule has 8 nitrogen and oxygen atoms in total. The molecule has 1 aromatic rings. The molecule has 1 saturated heterocycles. The van der Waals surface area contributed by atoms with Crippen LogP contribution in [0.4, 0.5) is 4.79 Å². The van der Waals surface area contributed by atoms with Crippen LogP contribution in [0.5, 0.6) is 5.75 Å². The number of morpholine rings is 1. The average molecular weight is 420 g/mol. The second-order valence-corrected chi connectivity index (χ2v) is 7.85. The number of carbonyl (C=O) groups is 2. The number of alkyl carbamates (subject to hydrolysis) is 1. The van der Waals surface area contributed by atoms with Crippen LogP contribution in [-0.4, -0.2) is 69.5 Å². The van der Waals surface area contributed by atoms with Gasteiger partial charge in [-0.15, -0.1) is 0 Å². The maximum atomic E-state index is 13.2. The van der Waals surface area contributed by atoms with Crippen LogP contribution in [0.15, 0.2) is 18.2 Å². The maximum absolute atomic E-state index is 13.2. The number of rotatable bonds is 9. The smallest absolute Gasteiger partial charge is 0.406 e. The lowest BCUT2D eigenvalue weighted by Gasteiger charge is -2.34. The highest BCUT2D eigenvalue weighted by atomic mass is 16.5. The second kappa shape index (κ2) is 10.6. The van der Waals surface area contributed by atoms with E-state index in [0.29, 0.717) is 19.7 Å². The third-order valence-electron chi connectivity index (χ3n) is 5.62. The Hall–Kier alpha value is -2.32. The SMILES string of the molecule is COC(=O)NCCCc1cc(OC)cc([C@@H](C)N(C(=O)[C@H]2CNCCO2)C2CC2)c1. The van der Waals surface area contributed by atoms with Crippen LogP contribution in [0.25, 0.3) is 0 Å². The first-order valence-electron chi connectivity index (χ1n) is 10.7. The van der Waals surface area contributed by atoms with Crippen molar-refractivity contribution in [1.29, 1.82) is 0 Å². The summed E-state index contributed by atoms with van der Waals surface area (Å²) >= 11 is 0. The van der Waals surface area contributed by atoms with E-state index in [-0.39, 0.29) is 18.0 Å². The number of amides is 2. The van der Waals surface area contributed by atoms with Gasteiger partial charge in [-0.25, -0.2) is 4.79 Å². The normalized spacial score (nSPS) is 19.6. The molecule has 166 valence electrons. The molecule has 2 atom stereocenters. The summed E-state index contributed by atoms with van der Waals surface area (Å²) in [6.45, 7) is 4.52. The summed E-state index contributed by atoms with van der Waals surface area (Å²) in [5, 5.41) is 5.94. The largest absolute Gasteiger partial charge is 0.497 e. The van der Waals surface area contributed by atoms with Gasteiger partial charge in [0.25, 0.3) is 5.91 Å². The van der Waals surface area contributed by atoms with E-state index >= 15 is 0 Å². The lowest BCUT2D eigenvalue weighted by Crippen LogP contribution is -2.50. The molecule has 2 fully saturated rings. The Morgan fingerprint density at radius 2 is 2.10 bits per heavy atom. The number of benzene rings is 1. The molecule has 0 aromatic heterocycles. The van der Waals surface area contributed by atoms with Gasteiger partial charge in [0.15, 0.2) is 0 Å². The molecular weight excluding hydrogens is 386 g/mol. The van der Waals surface area contributed by atoms with Crippen LogP contribution >= 0.6 is 0 Å². The number of methoxy groups -OCH3 is 2. The molecule has 1 saturated carbocycles. The minimum Gasteiger partial charge on any atom is -0.497 e. The monoisotopic (exact) mass is 419 g/mol. The predicted molar refractivity (Wildman–Crippen MR) is 113 cm³/mol. The summed E-state index contributed by atoms with van der Waals surface area (Å²) in [7, 11) is 3.00. The summed E-state index contributed by atoms with van der Waals surface area (Å²) in [5.74, 6) is 0.831. The molecule has 0 spiro atoms. The molecule has 30 heavy (non-hydrogen) atoms. The zero-order valence-electron chi connectivity index (χ0n) is 18.1. The Bertz CT molecular complexity index is 731. The zero-order chi connectivity index (χ0) is 21.5. The number of carbonyl (C=O) groups excluding carboxylic acids is 2. The first-order chi connectivity index (χ1) is 14.5. The number of ether oxygens (including phenoxy) is 3. The maximum Gasteiger partial charge on any atom is 0.406 e. The minimum atomic E-state index is -0.423. The van der Waals surface area contributed by atoms with E-state index in [1.54, 1.807) is 7.11 Å². The van der Waals surface area contributed by atoms with Crippen molar-refractivity contribution in [2.45, 2.75) is 50.8 Å². The number of hydrogen-bond acceptors (Lipinski definition) is 6. The fourth-order valence-corrected chi connectivity index (χ4v) is 3.84. The lowest BCUT2D eigenvalue weighted by atomic mass is 10.00. The quantitative estimate of drug-likeness (QED) is 0.596. The first kappa shape index (κ1) is 22.4. The number of aryl methyl sites for hydroxylation is 1. The van der Waals surface area contributed by atoms with Crippen LogP contribution in [-0.2, 0) is 20.7 Å². The minimum absolute atomic E-state index is 0.0591. The fourth-order valence-electron chi connectivity index (χ4n) is 3.84. The van der Waals surface area contributed by atoms with E-state index in [1.807, 2.05) is 17.0 Å². The zero-order valence-corrected chi connectivity index (χ0v) is 18.1. The molecular formula is C22H33N3O5. The number of hydrogen-bond donors (Lipinski definition) is 2. The van der Waals surface area contributed by atoms with E-state index < -0.39 is 12.2 Å². The van der Waals surface area contributed by atoms with Crippen molar-refractivity contribution in [3.8, 4) is 5.75 Å². The fraction of sp³-hybridized carbons (Fsp3) is 0.636. The standard InChI is InChI=1S/C22H33N3O5/c1-15(25(18-6-7-18)21(26)20-14-23-9-10-30-20)17-11-16(12-19(13-17)28-2)5-4-8-24-22(27)29-3/h11-13,15,18,20,23H,4-10,14H2,1-3H3,(H,24,27)/t15-,20-/m1/s1. The van der Waals surface area contributed by atoms with E-state index in [9.17, 15) is 9.59 Å². The Morgan fingerprint density at radius 3 is 2.73 bits per heavy atom. The average Bonchev–Trinajstić information content (AvgIpc) is 3.61. The van der Waals surface area contributed by atoms with Crippen molar-refractivity contribution in [1.82, 2.24) is 15.5 Å². The predicted octanol–water partition coefficient (Wildman–Crippen LogP) is 2.02. The van der Waals surface area contributed by atoms with Gasteiger partial charge in [0.2, 0.25) is 0 Å². The molecule has 2 aliphatic rings. The highest BCUT2D eigenvalue weighted by Gasteiger charge is 2.40. The molecule has 2 amide bonds. The topological polar surface area (TPSA) is 89.1 Å². The lowest BCUT2D eigenvalue weighted by molar-refractivity contribution is -0.148. The van der Waals surface area contributed by atoms with Gasteiger partial charge < -0.3 is 29.7 Å².